The SMILES string of the molecule is NC(=O)c1ccccc1NCC(C(=O)c1cccc(N)c1)N1CCN(c2ccccc2)CC1. The Labute approximate surface area is 194 Å². The maximum Gasteiger partial charge on any atom is 0.250 e. The fraction of sp³-hybridized carbons (Fsp3) is 0.231. The third kappa shape index (κ3) is 5.32. The summed E-state index contributed by atoms with van der Waals surface area (Å²) in [6.07, 6.45) is 0. The van der Waals surface area contributed by atoms with Gasteiger partial charge in [0, 0.05) is 55.3 Å². The number of anilines is 3. The lowest BCUT2D eigenvalue weighted by molar-refractivity contribution is 0.0822. The van der Waals surface area contributed by atoms with Crippen LogP contribution < -0.4 is 21.7 Å². The molecule has 0 aliphatic carbocycles. The highest BCUT2D eigenvalue weighted by molar-refractivity contribution is 6.01. The number of nitrogens with one attached hydrogen (secondary N) is 1. The third-order valence-corrected chi connectivity index (χ3v) is 6.03. The second-order valence-corrected chi connectivity index (χ2v) is 8.15. The molecule has 7 heteroatoms. The highest BCUT2D eigenvalue weighted by Crippen LogP contribution is 2.21. The first-order valence-corrected chi connectivity index (χ1v) is 11.1. The molecule has 170 valence electrons. The summed E-state index contributed by atoms with van der Waals surface area (Å²) in [6, 6.07) is 24.0. The number of benzene rings is 3. The second-order valence-electron chi connectivity index (χ2n) is 8.15. The van der Waals surface area contributed by atoms with Crippen LogP contribution in [0, 0.1) is 0 Å². The van der Waals surface area contributed by atoms with Crippen molar-refractivity contribution in [1.82, 2.24) is 4.90 Å². The van der Waals surface area contributed by atoms with Crippen LogP contribution in [0.1, 0.15) is 20.7 Å². The molecule has 0 spiro atoms. The number of nitrogen functional groups attached to an aromatic ring is 1. The van der Waals surface area contributed by atoms with Gasteiger partial charge in [0.2, 0.25) is 0 Å². The molecule has 3 aromatic rings. The van der Waals surface area contributed by atoms with Crippen molar-refractivity contribution in [1.29, 1.82) is 0 Å². The zero-order valence-electron chi connectivity index (χ0n) is 18.5. The van der Waals surface area contributed by atoms with E-state index >= 15 is 0 Å². The molecule has 1 saturated heterocycles. The minimum absolute atomic E-state index is 0.000447. The van der Waals surface area contributed by atoms with Crippen molar-refractivity contribution in [3.63, 3.8) is 0 Å². The Hall–Kier alpha value is -3.84. The highest BCUT2D eigenvalue weighted by Gasteiger charge is 2.30. The van der Waals surface area contributed by atoms with Crippen molar-refractivity contribution in [2.75, 3.05) is 48.7 Å². The van der Waals surface area contributed by atoms with Gasteiger partial charge in [-0.1, -0.05) is 42.5 Å². The molecule has 1 heterocycles. The molecule has 0 radical (unpaired) electrons. The first-order valence-electron chi connectivity index (χ1n) is 11.1. The van der Waals surface area contributed by atoms with Crippen LogP contribution in [0.5, 0.6) is 0 Å². The number of piperazine rings is 1. The van der Waals surface area contributed by atoms with E-state index in [2.05, 4.69) is 27.2 Å². The second kappa shape index (κ2) is 10.2. The van der Waals surface area contributed by atoms with Gasteiger partial charge < -0.3 is 21.7 Å². The van der Waals surface area contributed by atoms with Gasteiger partial charge in [-0.3, -0.25) is 14.5 Å². The van der Waals surface area contributed by atoms with Crippen LogP contribution in [0.15, 0.2) is 78.9 Å². The largest absolute Gasteiger partial charge is 0.399 e. The standard InChI is InChI=1S/C26H29N5O2/c27-20-8-6-7-19(17-20)25(32)24(18-29-23-12-5-4-11-22(23)26(28)33)31-15-13-30(14-16-31)21-9-2-1-3-10-21/h1-12,17,24,29H,13-16,18,27H2,(H2,28,33). The number of primary amides is 1. The number of carbonyl (C=O) groups is 2. The first-order chi connectivity index (χ1) is 16.0. The molecule has 1 aliphatic rings. The monoisotopic (exact) mass is 443 g/mol. The predicted octanol–water partition coefficient (Wildman–Crippen LogP) is 2.85. The molecule has 4 rings (SSSR count). The number of nitrogens with zero attached hydrogens (tertiary/aromatic N) is 2. The molecule has 7 nitrogen and oxygen atoms in total. The number of amides is 1. The van der Waals surface area contributed by atoms with Crippen molar-refractivity contribution >= 4 is 28.8 Å². The Kier molecular flexibility index (Phi) is 6.90. The maximum absolute atomic E-state index is 13.5. The number of rotatable bonds is 8. The molecule has 1 amide bonds. The normalized spacial score (nSPS) is 15.1. The molecule has 0 bridgehead atoms. The van der Waals surface area contributed by atoms with E-state index in [0.717, 1.165) is 26.2 Å². The van der Waals surface area contributed by atoms with Crippen LogP contribution in [0.2, 0.25) is 0 Å². The third-order valence-electron chi connectivity index (χ3n) is 6.03. The predicted molar refractivity (Wildman–Crippen MR) is 133 cm³/mol. The lowest BCUT2D eigenvalue weighted by Crippen LogP contribution is -2.55. The smallest absolute Gasteiger partial charge is 0.250 e. The first kappa shape index (κ1) is 22.4. The molecule has 1 aliphatic heterocycles. The van der Waals surface area contributed by atoms with E-state index in [1.807, 2.05) is 24.3 Å². The molecule has 3 aromatic carbocycles. The van der Waals surface area contributed by atoms with Gasteiger partial charge in [0.25, 0.3) is 5.91 Å². The van der Waals surface area contributed by atoms with Crippen molar-refractivity contribution in [2.24, 2.45) is 5.73 Å². The van der Waals surface area contributed by atoms with E-state index in [0.29, 0.717) is 29.0 Å². The van der Waals surface area contributed by atoms with Gasteiger partial charge in [-0.15, -0.1) is 0 Å². The molecule has 33 heavy (non-hydrogen) atoms. The van der Waals surface area contributed by atoms with E-state index in [1.54, 1.807) is 42.5 Å². The van der Waals surface area contributed by atoms with Gasteiger partial charge in [-0.05, 0) is 36.4 Å². The minimum Gasteiger partial charge on any atom is -0.399 e. The van der Waals surface area contributed by atoms with Gasteiger partial charge in [0.15, 0.2) is 5.78 Å². The van der Waals surface area contributed by atoms with E-state index in [4.69, 9.17) is 11.5 Å². The van der Waals surface area contributed by atoms with Crippen molar-refractivity contribution < 1.29 is 9.59 Å². The van der Waals surface area contributed by atoms with Crippen LogP contribution >= 0.6 is 0 Å². The summed E-state index contributed by atoms with van der Waals surface area (Å²) in [6.45, 7) is 3.48. The number of Topliss-reactive ketones (excluding diaryl/α,β-unsaturated/α-hetero) is 1. The Morgan fingerprint density at radius 3 is 2.27 bits per heavy atom. The Morgan fingerprint density at radius 1 is 0.879 bits per heavy atom. The number of ketones is 1. The molecule has 1 fully saturated rings. The fourth-order valence-electron chi connectivity index (χ4n) is 4.26. The molecule has 1 atom stereocenters. The Morgan fingerprint density at radius 2 is 1.58 bits per heavy atom. The summed E-state index contributed by atoms with van der Waals surface area (Å²) in [7, 11) is 0. The molecule has 5 N–H and O–H groups in total. The summed E-state index contributed by atoms with van der Waals surface area (Å²) in [4.78, 5) is 29.9. The zero-order valence-corrected chi connectivity index (χ0v) is 18.5. The number of hydrogen-bond donors (Lipinski definition) is 3. The number of hydrogen-bond acceptors (Lipinski definition) is 6. The van der Waals surface area contributed by atoms with E-state index in [1.165, 1.54) is 5.69 Å². The summed E-state index contributed by atoms with van der Waals surface area (Å²) in [5.74, 6) is -0.507. The van der Waals surface area contributed by atoms with Crippen LogP contribution in [0.4, 0.5) is 17.1 Å². The van der Waals surface area contributed by atoms with E-state index in [-0.39, 0.29) is 5.78 Å². The quantitative estimate of drug-likeness (QED) is 0.365. The molecule has 0 aromatic heterocycles. The van der Waals surface area contributed by atoms with Crippen molar-refractivity contribution in [3.8, 4) is 0 Å². The maximum atomic E-state index is 13.5. The summed E-state index contributed by atoms with van der Waals surface area (Å²) in [5.41, 5.74) is 14.8. The van der Waals surface area contributed by atoms with Gasteiger partial charge in [0.05, 0.1) is 11.6 Å². The van der Waals surface area contributed by atoms with Crippen LogP contribution in [-0.4, -0.2) is 55.4 Å². The molecular formula is C26H29N5O2. The molecular weight excluding hydrogens is 414 g/mol. The number of nitrogens with two attached hydrogens (primary N) is 2. The average molecular weight is 444 g/mol. The van der Waals surface area contributed by atoms with Crippen molar-refractivity contribution in [3.05, 3.63) is 90.0 Å². The topological polar surface area (TPSA) is 105 Å². The lowest BCUT2D eigenvalue weighted by Gasteiger charge is -2.40. The minimum atomic E-state index is -0.506. The van der Waals surface area contributed by atoms with Gasteiger partial charge in [-0.25, -0.2) is 0 Å². The molecule has 1 unspecified atom stereocenters. The van der Waals surface area contributed by atoms with Crippen LogP contribution in [0.25, 0.3) is 0 Å². The Balaban J connectivity index is 1.53. The van der Waals surface area contributed by atoms with Crippen molar-refractivity contribution in [2.45, 2.75) is 6.04 Å². The molecule has 0 saturated carbocycles. The summed E-state index contributed by atoms with van der Waals surface area (Å²) < 4.78 is 0. The number of carbonyl (C=O) groups excluding carboxylic acids is 2. The van der Waals surface area contributed by atoms with E-state index < -0.39 is 11.9 Å². The van der Waals surface area contributed by atoms with E-state index in [9.17, 15) is 9.59 Å². The fourth-order valence-corrected chi connectivity index (χ4v) is 4.26. The summed E-state index contributed by atoms with van der Waals surface area (Å²) in [5, 5.41) is 3.29. The van der Waals surface area contributed by atoms with Gasteiger partial charge in [0.1, 0.15) is 0 Å². The lowest BCUT2D eigenvalue weighted by atomic mass is 10.0. The highest BCUT2D eigenvalue weighted by atomic mass is 16.1. The van der Waals surface area contributed by atoms with Crippen LogP contribution in [-0.2, 0) is 0 Å². The van der Waals surface area contributed by atoms with Gasteiger partial charge in [-0.2, -0.15) is 0 Å². The summed E-state index contributed by atoms with van der Waals surface area (Å²) >= 11 is 0. The number of para-hydroxylation sites is 2. The van der Waals surface area contributed by atoms with Gasteiger partial charge >= 0.3 is 0 Å². The Bertz CT molecular complexity index is 1110. The average Bonchev–Trinajstić information content (AvgIpc) is 2.85. The van der Waals surface area contributed by atoms with Crippen LogP contribution in [0.3, 0.4) is 0 Å². The zero-order chi connectivity index (χ0) is 23.2.